The van der Waals surface area contributed by atoms with Crippen molar-refractivity contribution in [3.8, 4) is 0 Å². The molecule has 0 radical (unpaired) electrons. The van der Waals surface area contributed by atoms with Crippen LogP contribution in [0.2, 0.25) is 0 Å². The molecule has 1 N–H and O–H groups in total. The molecule has 0 saturated heterocycles. The van der Waals surface area contributed by atoms with Crippen molar-refractivity contribution in [1.29, 1.82) is 0 Å². The van der Waals surface area contributed by atoms with Crippen LogP contribution in [0.3, 0.4) is 0 Å². The van der Waals surface area contributed by atoms with Crippen molar-refractivity contribution < 1.29 is 42.9 Å². The predicted octanol–water partition coefficient (Wildman–Crippen LogP) is -0.211. The number of carbonyl (C=O) groups excluding carboxylic acids is 5. The minimum Gasteiger partial charge on any atom is -0.463 e. The second-order valence-corrected chi connectivity index (χ2v) is 5.74. The first-order chi connectivity index (χ1) is 12.6. The first kappa shape index (κ1) is 22.1. The lowest BCUT2D eigenvalue weighted by Gasteiger charge is -2.39. The van der Waals surface area contributed by atoms with E-state index in [-0.39, 0.29) is 12.2 Å². The average molecular weight is 385 g/mol. The van der Waals surface area contributed by atoms with Crippen LogP contribution in [0.5, 0.6) is 0 Å². The smallest absolute Gasteiger partial charge is 0.336 e. The van der Waals surface area contributed by atoms with Gasteiger partial charge in [0.1, 0.15) is 6.04 Å². The highest BCUT2D eigenvalue weighted by atomic mass is 16.6. The Balaban J connectivity index is 3.50. The summed E-state index contributed by atoms with van der Waals surface area (Å²) in [6, 6.07) is -1.17. The van der Waals surface area contributed by atoms with Gasteiger partial charge in [-0.25, -0.2) is 4.79 Å². The maximum Gasteiger partial charge on any atom is 0.336 e. The summed E-state index contributed by atoms with van der Waals surface area (Å²) in [7, 11) is 0. The van der Waals surface area contributed by atoms with Crippen LogP contribution in [0.15, 0.2) is 11.6 Å². The van der Waals surface area contributed by atoms with Crippen LogP contribution < -0.4 is 5.32 Å². The van der Waals surface area contributed by atoms with Gasteiger partial charge in [0.15, 0.2) is 18.3 Å². The third-order valence-electron chi connectivity index (χ3n) is 3.43. The fraction of sp³-hybridized carbons (Fsp3) is 0.588. The Bertz CT molecular complexity index is 655. The molecule has 0 spiro atoms. The van der Waals surface area contributed by atoms with Crippen molar-refractivity contribution in [3.63, 3.8) is 0 Å². The monoisotopic (exact) mass is 385 g/mol. The Kier molecular flexibility index (Phi) is 7.95. The highest BCUT2D eigenvalue weighted by Crippen LogP contribution is 2.28. The van der Waals surface area contributed by atoms with E-state index in [0.29, 0.717) is 0 Å². The number of carbonyl (C=O) groups is 5. The van der Waals surface area contributed by atoms with Gasteiger partial charge < -0.3 is 24.3 Å². The lowest BCUT2D eigenvalue weighted by Crippen LogP contribution is -2.59. The van der Waals surface area contributed by atoms with Gasteiger partial charge >= 0.3 is 23.9 Å². The standard InChI is InChI=1S/C17H23NO9/c1-6-24-17(23)12-7-13(25-9(3)20)15(26-10(4)21)16(27-11(5)22)14(12)18-8(2)19/h7,13-16H,6H2,1-5H3,(H,18,19)/t13-,14-,15-,16+/m0/s1. The molecule has 0 aromatic carbocycles. The van der Waals surface area contributed by atoms with Crippen LogP contribution in [0.1, 0.15) is 34.6 Å². The topological polar surface area (TPSA) is 134 Å². The quantitative estimate of drug-likeness (QED) is 0.487. The van der Waals surface area contributed by atoms with E-state index >= 15 is 0 Å². The third kappa shape index (κ3) is 6.39. The number of nitrogens with one attached hydrogen (secondary N) is 1. The number of amides is 1. The zero-order valence-corrected chi connectivity index (χ0v) is 15.8. The molecule has 10 nitrogen and oxygen atoms in total. The SMILES string of the molecule is CCOC(=O)C1=C[C@H](OC(C)=O)[C@H](OC(C)=O)[C@H](OC(C)=O)[C@H]1NC(C)=O. The van der Waals surface area contributed by atoms with Crippen LogP contribution >= 0.6 is 0 Å². The Hall–Kier alpha value is -2.91. The van der Waals surface area contributed by atoms with Gasteiger partial charge in [0.25, 0.3) is 0 Å². The molecule has 1 aliphatic rings. The molecule has 4 atom stereocenters. The zero-order chi connectivity index (χ0) is 20.7. The summed E-state index contributed by atoms with van der Waals surface area (Å²) in [5.41, 5.74) is -0.0899. The van der Waals surface area contributed by atoms with Gasteiger partial charge in [-0.2, -0.15) is 0 Å². The van der Waals surface area contributed by atoms with Crippen molar-refractivity contribution in [1.82, 2.24) is 5.32 Å². The molecule has 0 heterocycles. The van der Waals surface area contributed by atoms with E-state index in [0.717, 1.165) is 20.8 Å². The van der Waals surface area contributed by atoms with E-state index < -0.39 is 54.1 Å². The number of hydrogen-bond donors (Lipinski definition) is 1. The molecule has 10 heteroatoms. The Morgan fingerprint density at radius 3 is 1.85 bits per heavy atom. The van der Waals surface area contributed by atoms with Crippen molar-refractivity contribution in [2.45, 2.75) is 59.0 Å². The summed E-state index contributed by atoms with van der Waals surface area (Å²) in [5.74, 6) is -3.52. The van der Waals surface area contributed by atoms with Gasteiger partial charge in [0.2, 0.25) is 5.91 Å². The molecule has 0 fully saturated rings. The summed E-state index contributed by atoms with van der Waals surface area (Å²) >= 11 is 0. The number of ether oxygens (including phenoxy) is 4. The maximum absolute atomic E-state index is 12.4. The Morgan fingerprint density at radius 2 is 1.41 bits per heavy atom. The first-order valence-electron chi connectivity index (χ1n) is 8.24. The summed E-state index contributed by atoms with van der Waals surface area (Å²) in [4.78, 5) is 58.5. The average Bonchev–Trinajstić information content (AvgIpc) is 2.51. The summed E-state index contributed by atoms with van der Waals surface area (Å²) in [5, 5.41) is 2.49. The summed E-state index contributed by atoms with van der Waals surface area (Å²) < 4.78 is 20.5. The molecular formula is C17H23NO9. The van der Waals surface area contributed by atoms with Gasteiger partial charge in [0.05, 0.1) is 12.2 Å². The highest BCUT2D eigenvalue weighted by molar-refractivity contribution is 5.92. The minimum absolute atomic E-state index is 0.0484. The molecule has 0 aromatic heterocycles. The van der Waals surface area contributed by atoms with Crippen molar-refractivity contribution in [2.75, 3.05) is 6.61 Å². The van der Waals surface area contributed by atoms with E-state index in [1.807, 2.05) is 0 Å². The van der Waals surface area contributed by atoms with E-state index in [1.165, 1.54) is 13.0 Å². The molecular weight excluding hydrogens is 362 g/mol. The molecule has 1 amide bonds. The highest BCUT2D eigenvalue weighted by Gasteiger charge is 2.48. The molecule has 1 aliphatic carbocycles. The van der Waals surface area contributed by atoms with Gasteiger partial charge in [-0.05, 0) is 13.0 Å². The van der Waals surface area contributed by atoms with Crippen molar-refractivity contribution in [3.05, 3.63) is 11.6 Å². The fourth-order valence-electron chi connectivity index (χ4n) is 2.66. The first-order valence-corrected chi connectivity index (χ1v) is 8.24. The van der Waals surface area contributed by atoms with Gasteiger partial charge in [0, 0.05) is 27.7 Å². The molecule has 0 bridgehead atoms. The van der Waals surface area contributed by atoms with Crippen molar-refractivity contribution >= 4 is 29.8 Å². The molecule has 150 valence electrons. The molecule has 0 unspecified atom stereocenters. The molecule has 0 aromatic rings. The molecule has 0 aliphatic heterocycles. The number of rotatable bonds is 6. The second-order valence-electron chi connectivity index (χ2n) is 5.74. The van der Waals surface area contributed by atoms with E-state index in [1.54, 1.807) is 6.92 Å². The normalized spacial score (nSPS) is 24.1. The summed E-state index contributed by atoms with van der Waals surface area (Å²) in [6.07, 6.45) is -2.59. The maximum atomic E-state index is 12.4. The van der Waals surface area contributed by atoms with Gasteiger partial charge in [-0.3, -0.25) is 19.2 Å². The van der Waals surface area contributed by atoms with E-state index in [4.69, 9.17) is 18.9 Å². The Morgan fingerprint density at radius 1 is 0.889 bits per heavy atom. The van der Waals surface area contributed by atoms with Crippen LogP contribution in [-0.4, -0.2) is 60.7 Å². The summed E-state index contributed by atoms with van der Waals surface area (Å²) in [6.45, 7) is 6.19. The molecule has 0 saturated carbocycles. The van der Waals surface area contributed by atoms with E-state index in [9.17, 15) is 24.0 Å². The zero-order valence-electron chi connectivity index (χ0n) is 15.8. The molecule has 1 rings (SSSR count). The van der Waals surface area contributed by atoms with Crippen LogP contribution in [0.25, 0.3) is 0 Å². The van der Waals surface area contributed by atoms with Crippen LogP contribution in [0, 0.1) is 0 Å². The molecule has 27 heavy (non-hydrogen) atoms. The lowest BCUT2D eigenvalue weighted by molar-refractivity contribution is -0.183. The second kappa shape index (κ2) is 9.70. The van der Waals surface area contributed by atoms with Crippen molar-refractivity contribution in [2.24, 2.45) is 0 Å². The minimum atomic E-state index is -1.32. The lowest BCUT2D eigenvalue weighted by atomic mass is 9.86. The van der Waals surface area contributed by atoms with Gasteiger partial charge in [-0.1, -0.05) is 0 Å². The predicted molar refractivity (Wildman–Crippen MR) is 89.0 cm³/mol. The van der Waals surface area contributed by atoms with E-state index in [2.05, 4.69) is 5.32 Å². The number of esters is 4. The largest absolute Gasteiger partial charge is 0.463 e. The van der Waals surface area contributed by atoms with Gasteiger partial charge in [-0.15, -0.1) is 0 Å². The van der Waals surface area contributed by atoms with Crippen LogP contribution in [0.4, 0.5) is 0 Å². The number of hydrogen-bond acceptors (Lipinski definition) is 9. The van der Waals surface area contributed by atoms with Crippen LogP contribution in [-0.2, 0) is 42.9 Å². The third-order valence-corrected chi connectivity index (χ3v) is 3.43. The fourth-order valence-corrected chi connectivity index (χ4v) is 2.66. The Labute approximate surface area is 156 Å².